The third kappa shape index (κ3) is 3.17. The van der Waals surface area contributed by atoms with E-state index < -0.39 is 0 Å². The maximum Gasteiger partial charge on any atom is 0.183 e. The molecule has 3 nitrogen and oxygen atoms in total. The van der Waals surface area contributed by atoms with Crippen LogP contribution in [-0.2, 0) is 6.54 Å². The Bertz CT molecular complexity index is 340. The predicted molar refractivity (Wildman–Crippen MR) is 69.1 cm³/mol. The average Bonchev–Trinajstić information content (AvgIpc) is 2.64. The van der Waals surface area contributed by atoms with Crippen molar-refractivity contribution < 1.29 is 0 Å². The molecule has 90 valence electrons. The molecule has 0 amide bonds. The summed E-state index contributed by atoms with van der Waals surface area (Å²) < 4.78 is 0.649. The van der Waals surface area contributed by atoms with Crippen LogP contribution in [0.15, 0.2) is 6.20 Å². The fourth-order valence-corrected chi connectivity index (χ4v) is 3.19. The molecule has 1 aliphatic heterocycles. The zero-order chi connectivity index (χ0) is 11.5. The fraction of sp³-hybridized carbons (Fsp3) is 0.727. The minimum atomic E-state index is 0.649. The summed E-state index contributed by atoms with van der Waals surface area (Å²) in [4.78, 5) is 10.2. The van der Waals surface area contributed by atoms with Gasteiger partial charge in [-0.25, -0.2) is 4.98 Å². The van der Waals surface area contributed by atoms with Crippen LogP contribution >= 0.6 is 22.9 Å². The molecule has 1 aliphatic rings. The number of thiazole rings is 1. The first-order valence-electron chi connectivity index (χ1n) is 5.64. The van der Waals surface area contributed by atoms with Crippen LogP contribution in [0.5, 0.6) is 0 Å². The molecular formula is C11H18ClN3S. The van der Waals surface area contributed by atoms with Crippen LogP contribution in [0, 0.1) is 0 Å². The number of hydrogen-bond acceptors (Lipinski definition) is 4. The van der Waals surface area contributed by atoms with Gasteiger partial charge in [0, 0.05) is 30.2 Å². The molecule has 0 saturated carbocycles. The molecule has 1 aromatic rings. The number of likely N-dealkylation sites (tertiary alicyclic amines) is 1. The highest BCUT2D eigenvalue weighted by Crippen LogP contribution is 2.22. The van der Waals surface area contributed by atoms with E-state index >= 15 is 0 Å². The molecular weight excluding hydrogens is 242 g/mol. The summed E-state index contributed by atoms with van der Waals surface area (Å²) in [6.45, 7) is 3.34. The first-order chi connectivity index (χ1) is 7.65. The quantitative estimate of drug-likeness (QED) is 0.831. The Morgan fingerprint density at radius 1 is 1.62 bits per heavy atom. The lowest BCUT2D eigenvalue weighted by Gasteiger charge is -2.35. The highest BCUT2D eigenvalue weighted by atomic mass is 35.5. The molecule has 1 unspecified atom stereocenters. The van der Waals surface area contributed by atoms with E-state index in [9.17, 15) is 0 Å². The number of likely N-dealkylation sites (N-methyl/N-ethyl adjacent to an activating group) is 1. The monoisotopic (exact) mass is 259 g/mol. The van der Waals surface area contributed by atoms with Crippen molar-refractivity contribution in [3.8, 4) is 0 Å². The van der Waals surface area contributed by atoms with Crippen molar-refractivity contribution in [3.63, 3.8) is 0 Å². The van der Waals surface area contributed by atoms with E-state index in [0.29, 0.717) is 10.5 Å². The van der Waals surface area contributed by atoms with Crippen molar-refractivity contribution in [1.29, 1.82) is 0 Å². The van der Waals surface area contributed by atoms with E-state index in [1.54, 1.807) is 11.3 Å². The van der Waals surface area contributed by atoms with Gasteiger partial charge in [0.15, 0.2) is 4.47 Å². The number of hydrogen-bond donors (Lipinski definition) is 0. The van der Waals surface area contributed by atoms with Crippen molar-refractivity contribution in [3.05, 3.63) is 15.5 Å². The third-order valence-electron chi connectivity index (χ3n) is 3.12. The third-order valence-corrected chi connectivity index (χ3v) is 4.22. The molecule has 0 bridgehead atoms. The standard InChI is InChI=1S/C11H18ClN3S/c1-14(2)9-4-3-5-15(7-9)8-10-6-13-11(12)16-10/h6,9H,3-5,7-8H2,1-2H3. The lowest BCUT2D eigenvalue weighted by molar-refractivity contribution is 0.128. The van der Waals surface area contributed by atoms with E-state index in [0.717, 1.165) is 13.1 Å². The summed E-state index contributed by atoms with van der Waals surface area (Å²) in [5, 5.41) is 0. The second-order valence-electron chi connectivity index (χ2n) is 4.57. The molecule has 5 heteroatoms. The zero-order valence-corrected chi connectivity index (χ0v) is 11.4. The minimum Gasteiger partial charge on any atom is -0.305 e. The van der Waals surface area contributed by atoms with E-state index in [-0.39, 0.29) is 0 Å². The molecule has 0 N–H and O–H groups in total. The number of piperidine rings is 1. The van der Waals surface area contributed by atoms with Gasteiger partial charge in [0.05, 0.1) is 0 Å². The Balaban J connectivity index is 1.90. The van der Waals surface area contributed by atoms with Crippen LogP contribution in [0.3, 0.4) is 0 Å². The molecule has 2 rings (SSSR count). The number of aromatic nitrogens is 1. The summed E-state index contributed by atoms with van der Waals surface area (Å²) >= 11 is 7.43. The molecule has 1 fully saturated rings. The molecule has 16 heavy (non-hydrogen) atoms. The molecule has 0 aliphatic carbocycles. The van der Waals surface area contributed by atoms with Crippen LogP contribution in [0.4, 0.5) is 0 Å². The molecule has 1 aromatic heterocycles. The van der Waals surface area contributed by atoms with Crippen LogP contribution < -0.4 is 0 Å². The summed E-state index contributed by atoms with van der Waals surface area (Å²) in [5.41, 5.74) is 0. The van der Waals surface area contributed by atoms with Crippen molar-refractivity contribution in [2.24, 2.45) is 0 Å². The molecule has 2 heterocycles. The van der Waals surface area contributed by atoms with Gasteiger partial charge in [-0.15, -0.1) is 11.3 Å². The van der Waals surface area contributed by atoms with Crippen molar-refractivity contribution >= 4 is 22.9 Å². The van der Waals surface area contributed by atoms with Gasteiger partial charge in [-0.1, -0.05) is 11.6 Å². The van der Waals surface area contributed by atoms with Gasteiger partial charge in [0.2, 0.25) is 0 Å². The van der Waals surface area contributed by atoms with Crippen molar-refractivity contribution in [2.75, 3.05) is 27.2 Å². The second-order valence-corrected chi connectivity index (χ2v) is 6.27. The molecule has 0 radical (unpaired) electrons. The molecule has 1 saturated heterocycles. The van der Waals surface area contributed by atoms with E-state index in [4.69, 9.17) is 11.6 Å². The van der Waals surface area contributed by atoms with E-state index in [1.165, 1.54) is 24.3 Å². The van der Waals surface area contributed by atoms with Gasteiger partial charge in [0.1, 0.15) is 0 Å². The molecule has 1 atom stereocenters. The Hall–Kier alpha value is -0.160. The van der Waals surface area contributed by atoms with Gasteiger partial charge < -0.3 is 4.90 Å². The number of halogens is 1. The first-order valence-corrected chi connectivity index (χ1v) is 6.83. The van der Waals surface area contributed by atoms with Gasteiger partial charge in [-0.2, -0.15) is 0 Å². The largest absolute Gasteiger partial charge is 0.305 e. The highest BCUT2D eigenvalue weighted by Gasteiger charge is 2.21. The lowest BCUT2D eigenvalue weighted by atomic mass is 10.1. The molecule has 0 aromatic carbocycles. The minimum absolute atomic E-state index is 0.649. The summed E-state index contributed by atoms with van der Waals surface area (Å²) in [6, 6.07) is 0.692. The fourth-order valence-electron chi connectivity index (χ4n) is 2.17. The average molecular weight is 260 g/mol. The summed E-state index contributed by atoms with van der Waals surface area (Å²) in [7, 11) is 4.33. The van der Waals surface area contributed by atoms with Gasteiger partial charge >= 0.3 is 0 Å². The zero-order valence-electron chi connectivity index (χ0n) is 9.82. The Labute approximate surface area is 106 Å². The number of rotatable bonds is 3. The SMILES string of the molecule is CN(C)C1CCCN(Cc2cnc(Cl)s2)C1. The Morgan fingerprint density at radius 3 is 3.06 bits per heavy atom. The first kappa shape index (κ1) is 12.3. The summed E-state index contributed by atoms with van der Waals surface area (Å²) in [5.74, 6) is 0. The van der Waals surface area contributed by atoms with E-state index in [2.05, 4.69) is 28.9 Å². The predicted octanol–water partition coefficient (Wildman–Crippen LogP) is 2.32. The smallest absolute Gasteiger partial charge is 0.183 e. The topological polar surface area (TPSA) is 19.4 Å². The lowest BCUT2D eigenvalue weighted by Crippen LogP contribution is -2.44. The van der Waals surface area contributed by atoms with Crippen molar-refractivity contribution in [1.82, 2.24) is 14.8 Å². The second kappa shape index (κ2) is 5.45. The van der Waals surface area contributed by atoms with E-state index in [1.807, 2.05) is 6.20 Å². The Kier molecular flexibility index (Phi) is 4.19. The van der Waals surface area contributed by atoms with Crippen LogP contribution in [-0.4, -0.2) is 48.0 Å². The van der Waals surface area contributed by atoms with Crippen LogP contribution in [0.25, 0.3) is 0 Å². The summed E-state index contributed by atoms with van der Waals surface area (Å²) in [6.07, 6.45) is 4.49. The Morgan fingerprint density at radius 2 is 2.44 bits per heavy atom. The normalized spacial score (nSPS) is 22.9. The highest BCUT2D eigenvalue weighted by molar-refractivity contribution is 7.15. The van der Waals surface area contributed by atoms with Crippen molar-refractivity contribution in [2.45, 2.75) is 25.4 Å². The maximum atomic E-state index is 5.84. The van der Waals surface area contributed by atoms with Crippen LogP contribution in [0.2, 0.25) is 4.47 Å². The maximum absolute atomic E-state index is 5.84. The van der Waals surface area contributed by atoms with Crippen LogP contribution in [0.1, 0.15) is 17.7 Å². The number of nitrogens with zero attached hydrogens (tertiary/aromatic N) is 3. The van der Waals surface area contributed by atoms with Gasteiger partial charge in [0.25, 0.3) is 0 Å². The van der Waals surface area contributed by atoms with Gasteiger partial charge in [-0.05, 0) is 33.5 Å². The molecule has 0 spiro atoms. The van der Waals surface area contributed by atoms with Gasteiger partial charge in [-0.3, -0.25) is 4.90 Å².